The van der Waals surface area contributed by atoms with Gasteiger partial charge in [-0.15, -0.1) is 0 Å². The second-order valence-corrected chi connectivity index (χ2v) is 20.0. The van der Waals surface area contributed by atoms with E-state index in [1.165, 1.54) is 43.4 Å². The highest BCUT2D eigenvalue weighted by Gasteiger charge is 2.46. The molecule has 3 heterocycles. The lowest BCUT2D eigenvalue weighted by Crippen LogP contribution is -2.53. The number of carbonyl (C=O) groups is 8. The van der Waals surface area contributed by atoms with Crippen LogP contribution in [0.5, 0.6) is 17.2 Å². The van der Waals surface area contributed by atoms with Gasteiger partial charge in [0.1, 0.15) is 30.0 Å². The van der Waals surface area contributed by atoms with Crippen molar-refractivity contribution in [2.45, 2.75) is 109 Å². The smallest absolute Gasteiger partial charge is 0.416 e. The van der Waals surface area contributed by atoms with E-state index >= 15 is 0 Å². The molecule has 79 heavy (non-hydrogen) atoms. The van der Waals surface area contributed by atoms with Crippen LogP contribution in [0.15, 0.2) is 109 Å². The number of hydrogen-bond donors (Lipinski definition) is 5. The van der Waals surface area contributed by atoms with E-state index in [4.69, 9.17) is 23.7 Å². The number of ether oxygens (including phenoxy) is 5. The highest BCUT2D eigenvalue weighted by Crippen LogP contribution is 2.43. The fourth-order valence-electron chi connectivity index (χ4n) is 9.17. The number of anilines is 2. The number of rotatable bonds is 23. The van der Waals surface area contributed by atoms with Crippen LogP contribution in [0.2, 0.25) is 0 Å². The maximum atomic E-state index is 14.3. The van der Waals surface area contributed by atoms with Gasteiger partial charge in [-0.05, 0) is 112 Å². The van der Waals surface area contributed by atoms with Crippen LogP contribution < -0.4 is 40.4 Å². The number of alkyl carbamates (subject to hydrolysis) is 1. The van der Waals surface area contributed by atoms with E-state index in [1.807, 2.05) is 30.3 Å². The van der Waals surface area contributed by atoms with Gasteiger partial charge < -0.3 is 55.0 Å². The summed E-state index contributed by atoms with van der Waals surface area (Å²) in [5.74, 6) is -1.85. The molecule has 0 radical (unpaired) electrons. The number of aliphatic hydroxyl groups excluding tert-OH is 1. The van der Waals surface area contributed by atoms with Crippen LogP contribution in [-0.2, 0) is 46.5 Å². The summed E-state index contributed by atoms with van der Waals surface area (Å²) in [4.78, 5) is 110. The van der Waals surface area contributed by atoms with E-state index in [0.717, 1.165) is 26.5 Å². The SMILES string of the molecule is COc1ccc(C2=CN3C(=O)c4cc(OC)c(OC)cc4N(C(=O)OCc4ccc(NC(=O)C(CCCCNC(=O)OC(C)(C)C)NC(=O)C(Cc5ccccc5)NC(=O)CCCCN5C(=O)C=CC5=O)cc4)C(O)C3C2)cc1. The zero-order chi connectivity index (χ0) is 56.8. The predicted octanol–water partition coefficient (Wildman–Crippen LogP) is 6.38. The summed E-state index contributed by atoms with van der Waals surface area (Å²) in [5.41, 5.74) is 2.54. The second kappa shape index (κ2) is 26.6. The highest BCUT2D eigenvalue weighted by atomic mass is 16.6. The van der Waals surface area contributed by atoms with Crippen LogP contribution in [-0.4, -0.2) is 127 Å². The van der Waals surface area contributed by atoms with E-state index in [-0.39, 0.29) is 68.1 Å². The van der Waals surface area contributed by atoms with Crippen molar-refractivity contribution in [1.82, 2.24) is 25.8 Å². The molecule has 0 aliphatic carbocycles. The molecule has 0 bridgehead atoms. The molecule has 0 fully saturated rings. The monoisotopic (exact) mass is 1090 g/mol. The standard InChI is InChI=1S/C58H67N7O14/c1-58(2,3)79-56(73)59-28-12-10-16-43(62-53(70)44(30-36-14-8-7-9-15-36)61-49(66)17-11-13-29-63-50(67)26-27-51(63)68)52(69)60-40-22-18-37(19-23-40)35-78-57(74)65-45-33-48(77-6)47(76-5)32-42(45)54(71)64-34-39(31-46(64)55(65)72)38-20-24-41(75-4)25-21-38/h7-9,14-15,18-27,32-34,43-44,46,55,72H,10-13,16-17,28-31,35H2,1-6H3,(H,59,73)(H,60,69)(H,61,66)(H,62,70). The Morgan fingerprint density at radius 3 is 2.09 bits per heavy atom. The zero-order valence-electron chi connectivity index (χ0n) is 45.1. The third-order valence-electron chi connectivity index (χ3n) is 13.2. The topological polar surface area (TPSA) is 261 Å². The molecule has 7 rings (SSSR count). The molecule has 5 N–H and O–H groups in total. The summed E-state index contributed by atoms with van der Waals surface area (Å²) in [7, 11) is 4.38. The Kier molecular flexibility index (Phi) is 19.5. The molecule has 0 aromatic heterocycles. The molecule has 418 valence electrons. The minimum Gasteiger partial charge on any atom is -0.497 e. The van der Waals surface area contributed by atoms with Gasteiger partial charge in [-0.2, -0.15) is 0 Å². The third kappa shape index (κ3) is 15.3. The van der Waals surface area contributed by atoms with Gasteiger partial charge in [-0.25, -0.2) is 14.5 Å². The lowest BCUT2D eigenvalue weighted by atomic mass is 10.0. The molecule has 21 heteroatoms. The summed E-state index contributed by atoms with van der Waals surface area (Å²) in [6, 6.07) is 22.5. The highest BCUT2D eigenvalue weighted by molar-refractivity contribution is 6.13. The molecule has 3 aliphatic heterocycles. The van der Waals surface area contributed by atoms with Gasteiger partial charge in [0.05, 0.1) is 38.6 Å². The van der Waals surface area contributed by atoms with Crippen molar-refractivity contribution in [2.75, 3.05) is 44.6 Å². The normalized spacial score (nSPS) is 16.4. The summed E-state index contributed by atoms with van der Waals surface area (Å²) < 4.78 is 27.5. The fraction of sp³-hybridized carbons (Fsp3) is 0.379. The van der Waals surface area contributed by atoms with Crippen molar-refractivity contribution in [3.8, 4) is 17.2 Å². The molecule has 0 spiro atoms. The first-order valence-corrected chi connectivity index (χ1v) is 26.0. The van der Waals surface area contributed by atoms with Crippen LogP contribution in [0.25, 0.3) is 5.57 Å². The van der Waals surface area contributed by atoms with Gasteiger partial charge in [-0.3, -0.25) is 33.7 Å². The van der Waals surface area contributed by atoms with Crippen LogP contribution in [0.4, 0.5) is 21.0 Å². The number of benzene rings is 4. The molecule has 4 atom stereocenters. The van der Waals surface area contributed by atoms with Crippen molar-refractivity contribution in [1.29, 1.82) is 0 Å². The maximum absolute atomic E-state index is 14.3. The molecule has 4 aromatic carbocycles. The minimum atomic E-state index is -1.57. The van der Waals surface area contributed by atoms with Gasteiger partial charge in [0, 0.05) is 56.0 Å². The molecular weight excluding hydrogens is 1020 g/mol. The Labute approximate surface area is 458 Å². The Morgan fingerprint density at radius 1 is 0.747 bits per heavy atom. The Hall–Kier alpha value is -8.72. The van der Waals surface area contributed by atoms with Crippen molar-refractivity contribution in [3.05, 3.63) is 132 Å². The Morgan fingerprint density at radius 2 is 1.43 bits per heavy atom. The number of methoxy groups -OCH3 is 3. The first-order chi connectivity index (χ1) is 37.9. The Balaban J connectivity index is 1.03. The summed E-state index contributed by atoms with van der Waals surface area (Å²) in [5, 5.41) is 23.3. The number of carbonyl (C=O) groups excluding carboxylic acids is 8. The molecule has 21 nitrogen and oxygen atoms in total. The molecule has 0 saturated heterocycles. The maximum Gasteiger partial charge on any atom is 0.416 e. The number of nitrogens with one attached hydrogen (secondary N) is 4. The number of aliphatic hydroxyl groups is 1. The summed E-state index contributed by atoms with van der Waals surface area (Å²) in [6.45, 7) is 5.34. The predicted molar refractivity (Wildman–Crippen MR) is 291 cm³/mol. The minimum absolute atomic E-state index is 0.00968. The van der Waals surface area contributed by atoms with E-state index in [0.29, 0.717) is 42.7 Å². The first kappa shape index (κ1) is 58.0. The van der Waals surface area contributed by atoms with Crippen LogP contribution >= 0.6 is 0 Å². The van der Waals surface area contributed by atoms with Gasteiger partial charge in [0.2, 0.25) is 17.7 Å². The van der Waals surface area contributed by atoms with Gasteiger partial charge in [-0.1, -0.05) is 54.6 Å². The van der Waals surface area contributed by atoms with Crippen molar-refractivity contribution in [2.24, 2.45) is 0 Å². The largest absolute Gasteiger partial charge is 0.497 e. The quantitative estimate of drug-likeness (QED) is 0.0399. The third-order valence-corrected chi connectivity index (χ3v) is 13.2. The van der Waals surface area contributed by atoms with E-state index in [2.05, 4.69) is 21.3 Å². The fourth-order valence-corrected chi connectivity index (χ4v) is 9.17. The molecule has 8 amide bonds. The van der Waals surface area contributed by atoms with Crippen molar-refractivity contribution in [3.63, 3.8) is 0 Å². The van der Waals surface area contributed by atoms with Crippen molar-refractivity contribution < 1.29 is 67.1 Å². The van der Waals surface area contributed by atoms with Crippen LogP contribution in [0.1, 0.15) is 92.8 Å². The zero-order valence-corrected chi connectivity index (χ0v) is 45.1. The van der Waals surface area contributed by atoms with Gasteiger partial charge in [0.25, 0.3) is 17.7 Å². The summed E-state index contributed by atoms with van der Waals surface area (Å²) in [6.07, 6.45) is 2.91. The molecule has 4 unspecified atom stereocenters. The van der Waals surface area contributed by atoms with Crippen LogP contribution in [0, 0.1) is 0 Å². The van der Waals surface area contributed by atoms with Crippen LogP contribution in [0.3, 0.4) is 0 Å². The average molecular weight is 1090 g/mol. The first-order valence-electron chi connectivity index (χ1n) is 26.0. The number of amides is 8. The number of nitrogens with zero attached hydrogens (tertiary/aromatic N) is 3. The van der Waals surface area contributed by atoms with Gasteiger partial charge >= 0.3 is 12.2 Å². The number of imide groups is 1. The lowest BCUT2D eigenvalue weighted by molar-refractivity contribution is -0.136. The van der Waals surface area contributed by atoms with E-state index < -0.39 is 77.6 Å². The number of hydrogen-bond acceptors (Lipinski definition) is 14. The Bertz CT molecular complexity index is 2920. The van der Waals surface area contributed by atoms with Crippen molar-refractivity contribution >= 4 is 64.6 Å². The second-order valence-electron chi connectivity index (χ2n) is 20.0. The average Bonchev–Trinajstić information content (AvgIpc) is 4.22. The molecular formula is C58H67N7O14. The molecule has 3 aliphatic rings. The molecule has 0 saturated carbocycles. The summed E-state index contributed by atoms with van der Waals surface area (Å²) >= 11 is 0. The number of unbranched alkanes of at least 4 members (excludes halogenated alkanes) is 2. The molecule has 4 aromatic rings. The number of fused-ring (bicyclic) bond motifs is 2. The van der Waals surface area contributed by atoms with E-state index in [9.17, 15) is 43.5 Å². The lowest BCUT2D eigenvalue weighted by Gasteiger charge is -2.31. The van der Waals surface area contributed by atoms with E-state index in [1.54, 1.807) is 82.6 Å². The van der Waals surface area contributed by atoms with Gasteiger partial charge in [0.15, 0.2) is 17.7 Å².